The topological polar surface area (TPSA) is 56.0 Å². The molecule has 0 aliphatic carbocycles. The van der Waals surface area contributed by atoms with Crippen molar-refractivity contribution in [1.29, 1.82) is 0 Å². The zero-order valence-electron chi connectivity index (χ0n) is 8.53. The summed E-state index contributed by atoms with van der Waals surface area (Å²) in [5.74, 6) is -0.328. The van der Waals surface area contributed by atoms with Gasteiger partial charge in [-0.3, -0.25) is 9.78 Å². The van der Waals surface area contributed by atoms with Crippen molar-refractivity contribution in [2.75, 3.05) is 0 Å². The van der Waals surface area contributed by atoms with E-state index in [1.807, 2.05) is 31.2 Å². The largest absolute Gasteiger partial charge is 0.369 e. The molecule has 0 fully saturated rings. The van der Waals surface area contributed by atoms with Crippen LogP contribution in [0.25, 0.3) is 10.9 Å². The fourth-order valence-corrected chi connectivity index (χ4v) is 1.71. The third kappa shape index (κ3) is 1.81. The molecule has 0 bridgehead atoms. The van der Waals surface area contributed by atoms with Gasteiger partial charge in [0.2, 0.25) is 5.91 Å². The van der Waals surface area contributed by atoms with Gasteiger partial charge in [0.25, 0.3) is 0 Å². The van der Waals surface area contributed by atoms with Crippen molar-refractivity contribution in [3.63, 3.8) is 0 Å². The van der Waals surface area contributed by atoms with Crippen molar-refractivity contribution in [3.05, 3.63) is 41.6 Å². The van der Waals surface area contributed by atoms with Crippen molar-refractivity contribution in [2.45, 2.75) is 13.3 Å². The molecular formula is C12H12N2O. The van der Waals surface area contributed by atoms with Crippen LogP contribution in [0, 0.1) is 6.92 Å². The zero-order chi connectivity index (χ0) is 10.8. The number of amides is 1. The summed E-state index contributed by atoms with van der Waals surface area (Å²) in [4.78, 5) is 15.2. The van der Waals surface area contributed by atoms with Crippen LogP contribution >= 0.6 is 0 Å². The first-order valence-electron chi connectivity index (χ1n) is 4.80. The van der Waals surface area contributed by atoms with Crippen LogP contribution in [0.1, 0.15) is 11.1 Å². The van der Waals surface area contributed by atoms with E-state index in [0.29, 0.717) is 0 Å². The lowest BCUT2D eigenvalue weighted by molar-refractivity contribution is -0.117. The number of benzene rings is 1. The maximum absolute atomic E-state index is 10.9. The number of pyridine rings is 1. The number of hydrogen-bond acceptors (Lipinski definition) is 2. The van der Waals surface area contributed by atoms with E-state index in [4.69, 9.17) is 5.73 Å². The summed E-state index contributed by atoms with van der Waals surface area (Å²) in [6, 6.07) is 7.77. The van der Waals surface area contributed by atoms with Crippen molar-refractivity contribution in [2.24, 2.45) is 5.73 Å². The molecule has 3 heteroatoms. The summed E-state index contributed by atoms with van der Waals surface area (Å²) in [6.45, 7) is 2.03. The maximum atomic E-state index is 10.9. The molecule has 0 saturated carbocycles. The molecule has 1 aromatic carbocycles. The first kappa shape index (κ1) is 9.65. The fourth-order valence-electron chi connectivity index (χ4n) is 1.71. The predicted octanol–water partition coefficient (Wildman–Crippen LogP) is 1.57. The van der Waals surface area contributed by atoms with Gasteiger partial charge in [-0.05, 0) is 24.1 Å². The standard InChI is InChI=1S/C12H12N2O/c1-8-5-6-14-12-9(7-11(13)15)3-2-4-10(8)12/h2-6H,7H2,1H3,(H2,13,15). The molecule has 1 amide bonds. The molecule has 0 radical (unpaired) electrons. The van der Waals surface area contributed by atoms with E-state index < -0.39 is 0 Å². The lowest BCUT2D eigenvalue weighted by atomic mass is 10.0. The van der Waals surface area contributed by atoms with Gasteiger partial charge in [-0.15, -0.1) is 0 Å². The Bertz CT molecular complexity index is 520. The van der Waals surface area contributed by atoms with Crippen molar-refractivity contribution in [1.82, 2.24) is 4.98 Å². The Morgan fingerprint density at radius 1 is 1.40 bits per heavy atom. The molecule has 2 rings (SSSR count). The molecule has 76 valence electrons. The molecular weight excluding hydrogens is 188 g/mol. The van der Waals surface area contributed by atoms with Crippen LogP contribution in [0.5, 0.6) is 0 Å². The molecule has 0 spiro atoms. The second-order valence-corrected chi connectivity index (χ2v) is 3.58. The van der Waals surface area contributed by atoms with Crippen LogP contribution in [-0.4, -0.2) is 10.9 Å². The molecule has 0 atom stereocenters. The minimum absolute atomic E-state index is 0.244. The second kappa shape index (κ2) is 3.69. The average Bonchev–Trinajstić information content (AvgIpc) is 2.19. The Hall–Kier alpha value is -1.90. The van der Waals surface area contributed by atoms with Crippen LogP contribution in [0.3, 0.4) is 0 Å². The molecule has 1 heterocycles. The van der Waals surface area contributed by atoms with Gasteiger partial charge in [-0.25, -0.2) is 0 Å². The molecule has 2 aromatic rings. The maximum Gasteiger partial charge on any atom is 0.221 e. The van der Waals surface area contributed by atoms with Gasteiger partial charge >= 0.3 is 0 Å². The van der Waals surface area contributed by atoms with E-state index in [9.17, 15) is 4.79 Å². The summed E-state index contributed by atoms with van der Waals surface area (Å²) in [5.41, 5.74) is 8.11. The monoisotopic (exact) mass is 200 g/mol. The van der Waals surface area contributed by atoms with Crippen molar-refractivity contribution >= 4 is 16.8 Å². The molecule has 3 nitrogen and oxygen atoms in total. The van der Waals surface area contributed by atoms with Crippen molar-refractivity contribution in [3.8, 4) is 0 Å². The van der Waals surface area contributed by atoms with E-state index >= 15 is 0 Å². The summed E-state index contributed by atoms with van der Waals surface area (Å²) in [7, 11) is 0. The summed E-state index contributed by atoms with van der Waals surface area (Å²) >= 11 is 0. The summed E-state index contributed by atoms with van der Waals surface area (Å²) < 4.78 is 0. The quantitative estimate of drug-likeness (QED) is 0.800. The number of primary amides is 1. The minimum atomic E-state index is -0.328. The lowest BCUT2D eigenvalue weighted by Crippen LogP contribution is -2.14. The van der Waals surface area contributed by atoms with E-state index in [-0.39, 0.29) is 12.3 Å². The predicted molar refractivity (Wildman–Crippen MR) is 59.4 cm³/mol. The Kier molecular flexibility index (Phi) is 2.37. The zero-order valence-corrected chi connectivity index (χ0v) is 8.53. The molecule has 1 aromatic heterocycles. The Morgan fingerprint density at radius 2 is 2.20 bits per heavy atom. The summed E-state index contributed by atoms with van der Waals surface area (Å²) in [5, 5.41) is 1.08. The molecule has 2 N–H and O–H groups in total. The highest BCUT2D eigenvalue weighted by Gasteiger charge is 2.05. The summed E-state index contributed by atoms with van der Waals surface area (Å²) in [6.07, 6.45) is 2.00. The van der Waals surface area contributed by atoms with Crippen LogP contribution in [0.2, 0.25) is 0 Å². The number of hydrogen-bond donors (Lipinski definition) is 1. The molecule has 0 saturated heterocycles. The van der Waals surface area contributed by atoms with E-state index in [0.717, 1.165) is 22.0 Å². The van der Waals surface area contributed by atoms with E-state index in [2.05, 4.69) is 4.98 Å². The number of nitrogens with two attached hydrogens (primary N) is 1. The van der Waals surface area contributed by atoms with Crippen LogP contribution in [0.15, 0.2) is 30.5 Å². The van der Waals surface area contributed by atoms with E-state index in [1.54, 1.807) is 6.20 Å². The smallest absolute Gasteiger partial charge is 0.221 e. The number of aryl methyl sites for hydroxylation is 1. The van der Waals surface area contributed by atoms with Gasteiger partial charge in [0, 0.05) is 11.6 Å². The Balaban J connectivity index is 2.65. The molecule has 0 aliphatic heterocycles. The highest BCUT2D eigenvalue weighted by Crippen LogP contribution is 2.19. The average molecular weight is 200 g/mol. The third-order valence-corrected chi connectivity index (χ3v) is 2.44. The number of rotatable bonds is 2. The van der Waals surface area contributed by atoms with E-state index in [1.165, 1.54) is 0 Å². The fraction of sp³-hybridized carbons (Fsp3) is 0.167. The molecule has 0 unspecified atom stereocenters. The third-order valence-electron chi connectivity index (χ3n) is 2.44. The van der Waals surface area contributed by atoms with Gasteiger partial charge in [-0.2, -0.15) is 0 Å². The number of carbonyl (C=O) groups excluding carboxylic acids is 1. The van der Waals surface area contributed by atoms with Crippen molar-refractivity contribution < 1.29 is 4.79 Å². The molecule has 0 aliphatic rings. The number of nitrogens with zero attached hydrogens (tertiary/aromatic N) is 1. The lowest BCUT2D eigenvalue weighted by Gasteiger charge is -2.05. The highest BCUT2D eigenvalue weighted by molar-refractivity contribution is 5.88. The minimum Gasteiger partial charge on any atom is -0.369 e. The van der Waals surface area contributed by atoms with Gasteiger partial charge in [0.05, 0.1) is 11.9 Å². The van der Waals surface area contributed by atoms with Gasteiger partial charge in [0.15, 0.2) is 0 Å². The first-order chi connectivity index (χ1) is 7.18. The van der Waals surface area contributed by atoms with Crippen LogP contribution in [-0.2, 0) is 11.2 Å². The first-order valence-corrected chi connectivity index (χ1v) is 4.80. The number of para-hydroxylation sites is 1. The molecule has 15 heavy (non-hydrogen) atoms. The highest BCUT2D eigenvalue weighted by atomic mass is 16.1. The number of aromatic nitrogens is 1. The van der Waals surface area contributed by atoms with Gasteiger partial charge < -0.3 is 5.73 Å². The second-order valence-electron chi connectivity index (χ2n) is 3.58. The van der Waals surface area contributed by atoms with Gasteiger partial charge in [-0.1, -0.05) is 18.2 Å². The number of fused-ring (bicyclic) bond motifs is 1. The van der Waals surface area contributed by atoms with Crippen LogP contribution < -0.4 is 5.73 Å². The normalized spacial score (nSPS) is 10.5. The number of carbonyl (C=O) groups is 1. The Morgan fingerprint density at radius 3 is 2.93 bits per heavy atom. The SMILES string of the molecule is Cc1ccnc2c(CC(N)=O)cccc12. The van der Waals surface area contributed by atoms with Gasteiger partial charge in [0.1, 0.15) is 0 Å². The Labute approximate surface area is 87.9 Å². The van der Waals surface area contributed by atoms with Crippen LogP contribution in [0.4, 0.5) is 0 Å².